The molecule has 0 aromatic rings. The topological polar surface area (TPSA) is 41.5 Å². The van der Waals surface area contributed by atoms with Crippen molar-refractivity contribution in [3.63, 3.8) is 0 Å². The molecule has 0 atom stereocenters. The Morgan fingerprint density at radius 1 is 1.38 bits per heavy atom. The van der Waals surface area contributed by atoms with Crippen LogP contribution in [0.4, 0.5) is 0 Å². The van der Waals surface area contributed by atoms with Crippen LogP contribution in [0.15, 0.2) is 0 Å². The Bertz CT molecular complexity index is 200. The number of aliphatic hydroxyl groups excluding tert-OH is 1. The van der Waals surface area contributed by atoms with Crippen molar-refractivity contribution in [3.05, 3.63) is 0 Å². The molecule has 0 saturated heterocycles. The number of hydrogen-bond donors (Lipinski definition) is 2. The molecule has 2 N–H and O–H groups in total. The summed E-state index contributed by atoms with van der Waals surface area (Å²) in [5.41, 5.74) is 0.555. The van der Waals surface area contributed by atoms with Gasteiger partial charge in [-0.3, -0.25) is 5.32 Å². The quantitative estimate of drug-likeness (QED) is 0.471. The molecule has 0 radical (unpaired) electrons. The van der Waals surface area contributed by atoms with E-state index in [2.05, 4.69) is 26.1 Å². The van der Waals surface area contributed by atoms with E-state index in [-0.39, 0.29) is 12.3 Å². The van der Waals surface area contributed by atoms with E-state index in [1.165, 1.54) is 12.8 Å². The van der Waals surface area contributed by atoms with Crippen LogP contribution >= 0.6 is 0 Å². The zero-order valence-electron chi connectivity index (χ0n) is 11.0. The van der Waals surface area contributed by atoms with Crippen LogP contribution in [0.3, 0.4) is 0 Å². The molecule has 96 valence electrons. The molecule has 1 rings (SSSR count). The van der Waals surface area contributed by atoms with Crippen LogP contribution in [0, 0.1) is 5.41 Å². The van der Waals surface area contributed by atoms with Gasteiger partial charge in [-0.1, -0.05) is 20.8 Å². The van der Waals surface area contributed by atoms with E-state index in [0.29, 0.717) is 5.41 Å². The third-order valence-corrected chi connectivity index (χ3v) is 3.70. The molecule has 3 heteroatoms. The Labute approximate surface area is 99.6 Å². The van der Waals surface area contributed by atoms with Crippen LogP contribution in [0.1, 0.15) is 52.9 Å². The van der Waals surface area contributed by atoms with Gasteiger partial charge in [-0.25, -0.2) is 0 Å². The number of rotatable bonds is 9. The summed E-state index contributed by atoms with van der Waals surface area (Å²) >= 11 is 0. The zero-order chi connectivity index (χ0) is 12.1. The van der Waals surface area contributed by atoms with Gasteiger partial charge < -0.3 is 9.84 Å². The van der Waals surface area contributed by atoms with Crippen LogP contribution < -0.4 is 5.32 Å². The first-order valence-electron chi connectivity index (χ1n) is 6.47. The predicted octanol–water partition coefficient (Wildman–Crippen LogP) is 2.29. The van der Waals surface area contributed by atoms with Gasteiger partial charge in [0.1, 0.15) is 0 Å². The summed E-state index contributed by atoms with van der Waals surface area (Å²) in [5.74, 6) is 0. The molecule has 1 saturated carbocycles. The molecule has 16 heavy (non-hydrogen) atoms. The monoisotopic (exact) mass is 229 g/mol. The van der Waals surface area contributed by atoms with Gasteiger partial charge in [0.05, 0.1) is 13.3 Å². The van der Waals surface area contributed by atoms with Crippen LogP contribution in [0.25, 0.3) is 0 Å². The zero-order valence-corrected chi connectivity index (χ0v) is 11.0. The lowest BCUT2D eigenvalue weighted by molar-refractivity contribution is 0.0562. The Morgan fingerprint density at radius 2 is 2.06 bits per heavy atom. The number of ether oxygens (including phenoxy) is 1. The maximum absolute atomic E-state index is 8.84. The molecule has 1 aliphatic carbocycles. The average Bonchev–Trinajstić information content (AvgIpc) is 2.98. The van der Waals surface area contributed by atoms with Crippen molar-refractivity contribution in [3.8, 4) is 0 Å². The van der Waals surface area contributed by atoms with Gasteiger partial charge >= 0.3 is 0 Å². The summed E-state index contributed by atoms with van der Waals surface area (Å²) in [4.78, 5) is 0. The van der Waals surface area contributed by atoms with Crippen molar-refractivity contribution in [1.29, 1.82) is 0 Å². The van der Waals surface area contributed by atoms with Gasteiger partial charge in [-0.05, 0) is 37.5 Å². The highest BCUT2D eigenvalue weighted by Gasteiger charge is 2.40. The average molecular weight is 229 g/mol. The summed E-state index contributed by atoms with van der Waals surface area (Å²) in [6.07, 6.45) is 5.78. The fourth-order valence-corrected chi connectivity index (χ4v) is 1.80. The van der Waals surface area contributed by atoms with Gasteiger partial charge in [0.15, 0.2) is 0 Å². The fraction of sp³-hybridized carbons (Fsp3) is 1.00. The maximum atomic E-state index is 8.84. The highest BCUT2D eigenvalue weighted by Crippen LogP contribution is 2.39. The van der Waals surface area contributed by atoms with E-state index in [1.807, 2.05) is 0 Å². The molecule has 1 fully saturated rings. The first-order valence-corrected chi connectivity index (χ1v) is 6.47. The Kier molecular flexibility index (Phi) is 5.22. The summed E-state index contributed by atoms with van der Waals surface area (Å²) in [5, 5.41) is 12.0. The molecule has 0 aromatic heterocycles. The minimum Gasteiger partial charge on any atom is -0.381 e. The van der Waals surface area contributed by atoms with E-state index in [1.54, 1.807) is 0 Å². The summed E-state index contributed by atoms with van der Waals surface area (Å²) in [6.45, 7) is 8.48. The van der Waals surface area contributed by atoms with Gasteiger partial charge in [-0.15, -0.1) is 0 Å². The number of hydrogen-bond acceptors (Lipinski definition) is 3. The molecular weight excluding hydrogens is 202 g/mol. The lowest BCUT2D eigenvalue weighted by Crippen LogP contribution is -2.32. The van der Waals surface area contributed by atoms with Gasteiger partial charge in [0.2, 0.25) is 0 Å². The van der Waals surface area contributed by atoms with Gasteiger partial charge in [0, 0.05) is 12.1 Å². The first kappa shape index (κ1) is 13.9. The lowest BCUT2D eigenvalue weighted by atomic mass is 9.92. The highest BCUT2D eigenvalue weighted by molar-refractivity contribution is 5.00. The molecule has 0 aromatic carbocycles. The van der Waals surface area contributed by atoms with Gasteiger partial charge in [0.25, 0.3) is 0 Å². The third kappa shape index (κ3) is 4.81. The summed E-state index contributed by atoms with van der Waals surface area (Å²) in [7, 11) is 0. The Hall–Kier alpha value is -0.120. The molecular formula is C13H27NO2. The van der Waals surface area contributed by atoms with Crippen molar-refractivity contribution in [2.24, 2.45) is 5.41 Å². The van der Waals surface area contributed by atoms with Crippen molar-refractivity contribution >= 4 is 0 Å². The maximum Gasteiger partial charge on any atom is 0.0935 e. The predicted molar refractivity (Wildman–Crippen MR) is 66.3 cm³/mol. The van der Waals surface area contributed by atoms with Crippen LogP contribution in [-0.4, -0.2) is 30.6 Å². The molecule has 0 unspecified atom stereocenters. The Morgan fingerprint density at radius 3 is 2.56 bits per heavy atom. The van der Waals surface area contributed by atoms with Crippen LogP contribution in [-0.2, 0) is 4.74 Å². The molecule has 1 aliphatic rings. The molecule has 0 heterocycles. The SMILES string of the molecule is CCC(C)(C)COCCCC1(NCO)CC1. The van der Waals surface area contributed by atoms with Crippen molar-refractivity contribution in [2.75, 3.05) is 19.9 Å². The second-order valence-electron chi connectivity index (χ2n) is 5.79. The minimum absolute atomic E-state index is 0.101. The smallest absolute Gasteiger partial charge is 0.0935 e. The van der Waals surface area contributed by atoms with Crippen molar-refractivity contribution in [2.45, 2.75) is 58.4 Å². The largest absolute Gasteiger partial charge is 0.381 e. The first-order chi connectivity index (χ1) is 7.54. The van der Waals surface area contributed by atoms with Crippen LogP contribution in [0.2, 0.25) is 0 Å². The summed E-state index contributed by atoms with van der Waals surface area (Å²) < 4.78 is 5.70. The molecule has 0 aliphatic heterocycles. The van der Waals surface area contributed by atoms with E-state index in [9.17, 15) is 0 Å². The highest BCUT2D eigenvalue weighted by atomic mass is 16.5. The Balaban J connectivity index is 2.00. The van der Waals surface area contributed by atoms with Crippen molar-refractivity contribution < 1.29 is 9.84 Å². The van der Waals surface area contributed by atoms with E-state index in [4.69, 9.17) is 9.84 Å². The van der Waals surface area contributed by atoms with Gasteiger partial charge in [-0.2, -0.15) is 0 Å². The lowest BCUT2D eigenvalue weighted by Gasteiger charge is -2.22. The van der Waals surface area contributed by atoms with E-state index in [0.717, 1.165) is 32.5 Å². The van der Waals surface area contributed by atoms with E-state index < -0.39 is 0 Å². The van der Waals surface area contributed by atoms with Crippen molar-refractivity contribution in [1.82, 2.24) is 5.32 Å². The molecule has 0 amide bonds. The summed E-state index contributed by atoms with van der Waals surface area (Å²) in [6, 6.07) is 0. The normalized spacial score (nSPS) is 18.8. The third-order valence-electron chi connectivity index (χ3n) is 3.70. The molecule has 3 nitrogen and oxygen atoms in total. The molecule has 0 bridgehead atoms. The second-order valence-corrected chi connectivity index (χ2v) is 5.79. The van der Waals surface area contributed by atoms with E-state index >= 15 is 0 Å². The van der Waals surface area contributed by atoms with Crippen LogP contribution in [0.5, 0.6) is 0 Å². The number of aliphatic hydroxyl groups is 1. The minimum atomic E-state index is 0.101. The second kappa shape index (κ2) is 5.99. The molecule has 0 spiro atoms. The number of nitrogens with one attached hydrogen (secondary N) is 1. The standard InChI is InChI=1S/C13H27NO2/c1-4-12(2,3)10-16-9-5-6-13(7-8-13)14-11-15/h14-15H,4-11H2,1-3H3. The fourth-order valence-electron chi connectivity index (χ4n) is 1.80.